The Kier molecular flexibility index (Phi) is 3.61. The molecule has 134 valence electrons. The van der Waals surface area contributed by atoms with Crippen LogP contribution < -0.4 is 9.80 Å². The zero-order valence-corrected chi connectivity index (χ0v) is 15.5. The van der Waals surface area contributed by atoms with Crippen molar-refractivity contribution in [2.75, 3.05) is 49.6 Å². The van der Waals surface area contributed by atoms with Gasteiger partial charge in [-0.2, -0.15) is 0 Å². The molecule has 0 unspecified atom stereocenters. The predicted molar refractivity (Wildman–Crippen MR) is 102 cm³/mol. The molecule has 1 aromatic rings. The van der Waals surface area contributed by atoms with E-state index < -0.39 is 0 Å². The zero-order chi connectivity index (χ0) is 17.0. The van der Waals surface area contributed by atoms with Gasteiger partial charge >= 0.3 is 0 Å². The van der Waals surface area contributed by atoms with Gasteiger partial charge in [-0.15, -0.1) is 0 Å². The van der Waals surface area contributed by atoms with Gasteiger partial charge in [-0.3, -0.25) is 0 Å². The van der Waals surface area contributed by atoms with Gasteiger partial charge in [0.2, 0.25) is 0 Å². The van der Waals surface area contributed by atoms with Crippen molar-refractivity contribution in [3.05, 3.63) is 35.2 Å². The third-order valence-electron chi connectivity index (χ3n) is 6.62. The van der Waals surface area contributed by atoms with E-state index in [1.807, 2.05) is 0 Å². The monoisotopic (exact) mass is 339 g/mol. The first kappa shape index (κ1) is 15.4. The third kappa shape index (κ3) is 2.26. The minimum absolute atomic E-state index is 0.617. The van der Waals surface area contributed by atoms with Gasteiger partial charge in [-0.05, 0) is 49.8 Å². The van der Waals surface area contributed by atoms with E-state index >= 15 is 0 Å². The molecule has 0 radical (unpaired) electrons. The molecule has 0 spiro atoms. The lowest BCUT2D eigenvalue weighted by Gasteiger charge is -2.43. The van der Waals surface area contributed by atoms with Crippen LogP contribution in [0.25, 0.3) is 0 Å². The van der Waals surface area contributed by atoms with Gasteiger partial charge < -0.3 is 19.4 Å². The number of rotatable bonds is 3. The lowest BCUT2D eigenvalue weighted by atomic mass is 9.87. The zero-order valence-electron chi connectivity index (χ0n) is 15.5. The fourth-order valence-electron chi connectivity index (χ4n) is 5.21. The normalized spacial score (nSPS) is 27.0. The van der Waals surface area contributed by atoms with Crippen LogP contribution in [0.15, 0.2) is 29.7 Å². The first-order valence-electron chi connectivity index (χ1n) is 9.98. The first-order valence-corrected chi connectivity index (χ1v) is 9.98. The van der Waals surface area contributed by atoms with E-state index in [4.69, 9.17) is 4.74 Å². The van der Waals surface area contributed by atoms with Gasteiger partial charge in [-0.25, -0.2) is 0 Å². The summed E-state index contributed by atoms with van der Waals surface area (Å²) in [4.78, 5) is 7.69. The Bertz CT molecular complexity index is 707. The lowest BCUT2D eigenvalue weighted by Crippen LogP contribution is -2.49. The molecule has 4 nitrogen and oxygen atoms in total. The number of hydrogen-bond acceptors (Lipinski definition) is 4. The van der Waals surface area contributed by atoms with Crippen LogP contribution >= 0.6 is 0 Å². The molecule has 0 amide bonds. The van der Waals surface area contributed by atoms with E-state index in [1.165, 1.54) is 49.5 Å². The summed E-state index contributed by atoms with van der Waals surface area (Å²) < 4.78 is 6.11. The van der Waals surface area contributed by atoms with Gasteiger partial charge in [0.15, 0.2) is 5.88 Å². The Labute approximate surface area is 151 Å². The maximum absolute atomic E-state index is 6.11. The van der Waals surface area contributed by atoms with E-state index in [0.29, 0.717) is 12.0 Å². The Balaban J connectivity index is 1.48. The summed E-state index contributed by atoms with van der Waals surface area (Å²) in [5, 5.41) is 0. The van der Waals surface area contributed by atoms with Gasteiger partial charge in [0, 0.05) is 45.2 Å². The van der Waals surface area contributed by atoms with Crippen LogP contribution in [0.3, 0.4) is 0 Å². The molecule has 4 aliphatic rings. The second-order valence-corrected chi connectivity index (χ2v) is 7.93. The molecule has 25 heavy (non-hydrogen) atoms. The quantitative estimate of drug-likeness (QED) is 0.784. The van der Waals surface area contributed by atoms with E-state index in [2.05, 4.69) is 46.9 Å². The van der Waals surface area contributed by atoms with E-state index in [9.17, 15) is 0 Å². The molecule has 1 saturated heterocycles. The predicted octanol–water partition coefficient (Wildman–Crippen LogP) is 3.55. The van der Waals surface area contributed by atoms with Crippen molar-refractivity contribution in [3.8, 4) is 0 Å². The summed E-state index contributed by atoms with van der Waals surface area (Å²) >= 11 is 0. The maximum atomic E-state index is 6.11. The summed E-state index contributed by atoms with van der Waals surface area (Å²) in [6, 6.07) is 7.59. The van der Waals surface area contributed by atoms with E-state index in [0.717, 1.165) is 26.2 Å². The molecule has 0 aromatic heterocycles. The number of nitrogens with zero attached hydrogens (tertiary/aromatic N) is 3. The number of hydrogen-bond donors (Lipinski definition) is 0. The maximum Gasteiger partial charge on any atom is 0.188 e. The highest BCUT2D eigenvalue weighted by atomic mass is 16.5. The van der Waals surface area contributed by atoms with Gasteiger partial charge in [0.25, 0.3) is 0 Å². The highest BCUT2D eigenvalue weighted by Gasteiger charge is 2.45. The van der Waals surface area contributed by atoms with Crippen LogP contribution in [0.1, 0.15) is 44.1 Å². The largest absolute Gasteiger partial charge is 0.479 e. The Morgan fingerprint density at radius 2 is 2.08 bits per heavy atom. The van der Waals surface area contributed by atoms with Crippen molar-refractivity contribution in [1.29, 1.82) is 0 Å². The Morgan fingerprint density at radius 3 is 2.84 bits per heavy atom. The number of allylic oxidation sites excluding steroid dienone is 1. The SMILES string of the molecule is CCOC(=C1CCC1)N1CC[C@H]2[C@@H](C1)c1cccc3c1N2CCN3C. The number of fused-ring (bicyclic) bond motifs is 3. The average Bonchev–Trinajstić information content (AvgIpc) is 2.91. The molecule has 0 bridgehead atoms. The molecule has 0 N–H and O–H groups in total. The minimum atomic E-state index is 0.617. The van der Waals surface area contributed by atoms with Gasteiger partial charge in [-0.1, -0.05) is 12.1 Å². The molecule has 2 fully saturated rings. The lowest BCUT2D eigenvalue weighted by molar-refractivity contribution is 0.0887. The molecule has 2 atom stereocenters. The number of likely N-dealkylation sites (tertiary alicyclic amines) is 1. The molecule has 3 heterocycles. The number of likely N-dealkylation sites (N-methyl/N-ethyl adjacent to an activating group) is 1. The molecule has 1 aromatic carbocycles. The molecule has 5 rings (SSSR count). The fourth-order valence-corrected chi connectivity index (χ4v) is 5.21. The van der Waals surface area contributed by atoms with Crippen molar-refractivity contribution in [2.24, 2.45) is 0 Å². The number of para-hydroxylation sites is 1. The highest BCUT2D eigenvalue weighted by molar-refractivity contribution is 5.80. The van der Waals surface area contributed by atoms with Gasteiger partial charge in [0.1, 0.15) is 0 Å². The second kappa shape index (κ2) is 5.86. The van der Waals surface area contributed by atoms with Crippen LogP contribution in [-0.2, 0) is 4.74 Å². The average molecular weight is 339 g/mol. The Hall–Kier alpha value is -1.84. The minimum Gasteiger partial charge on any atom is -0.479 e. The van der Waals surface area contributed by atoms with Crippen molar-refractivity contribution in [2.45, 2.75) is 44.6 Å². The van der Waals surface area contributed by atoms with Crippen molar-refractivity contribution in [1.82, 2.24) is 4.90 Å². The molecular formula is C21H29N3O. The third-order valence-corrected chi connectivity index (χ3v) is 6.62. The van der Waals surface area contributed by atoms with Gasteiger partial charge in [0.05, 0.1) is 18.0 Å². The van der Waals surface area contributed by atoms with E-state index in [1.54, 1.807) is 11.1 Å². The fraction of sp³-hybridized carbons (Fsp3) is 0.619. The van der Waals surface area contributed by atoms with Crippen molar-refractivity contribution >= 4 is 11.4 Å². The van der Waals surface area contributed by atoms with Crippen LogP contribution in [0.2, 0.25) is 0 Å². The van der Waals surface area contributed by atoms with Crippen LogP contribution in [0.5, 0.6) is 0 Å². The smallest absolute Gasteiger partial charge is 0.188 e. The number of ether oxygens (including phenoxy) is 1. The van der Waals surface area contributed by atoms with Crippen LogP contribution in [-0.4, -0.2) is 50.8 Å². The standard InChI is InChI=1S/C21H29N3O/c1-3-25-21(15-6-4-7-15)23-11-10-18-17(14-23)16-8-5-9-19-20(16)24(18)13-12-22(19)2/h5,8-9,17-18H,3-4,6-7,10-14H2,1-2H3/t17-,18-/m0/s1. The van der Waals surface area contributed by atoms with Crippen molar-refractivity contribution in [3.63, 3.8) is 0 Å². The first-order chi connectivity index (χ1) is 12.3. The summed E-state index contributed by atoms with van der Waals surface area (Å²) in [5.74, 6) is 1.83. The van der Waals surface area contributed by atoms with Crippen molar-refractivity contribution < 1.29 is 4.74 Å². The summed E-state index contributed by atoms with van der Waals surface area (Å²) in [7, 11) is 2.23. The Morgan fingerprint density at radius 1 is 1.20 bits per heavy atom. The second-order valence-electron chi connectivity index (χ2n) is 7.93. The summed E-state index contributed by atoms with van der Waals surface area (Å²) in [5.41, 5.74) is 6.05. The number of benzene rings is 1. The molecular weight excluding hydrogens is 310 g/mol. The van der Waals surface area contributed by atoms with Crippen LogP contribution in [0.4, 0.5) is 11.4 Å². The van der Waals surface area contributed by atoms with Crippen LogP contribution in [0, 0.1) is 0 Å². The summed E-state index contributed by atoms with van der Waals surface area (Å²) in [6.45, 7) is 7.44. The number of piperidine rings is 1. The molecule has 1 aliphatic carbocycles. The van der Waals surface area contributed by atoms with E-state index in [-0.39, 0.29) is 0 Å². The number of anilines is 2. The molecule has 4 heteroatoms. The molecule has 1 saturated carbocycles. The summed E-state index contributed by atoms with van der Waals surface area (Å²) in [6.07, 6.45) is 5.04. The molecule has 3 aliphatic heterocycles. The highest BCUT2D eigenvalue weighted by Crippen LogP contribution is 2.51. The topological polar surface area (TPSA) is 19.0 Å².